The number of imidazole rings is 1. The maximum absolute atomic E-state index is 9.31. The number of aliphatic hydroxyl groups excluding tert-OH is 2. The minimum Gasteiger partial charge on any atom is -0.394 e. The fraction of sp³-hybridized carbons (Fsp3) is 0.500. The van der Waals surface area contributed by atoms with Gasteiger partial charge in [0.2, 0.25) is 0 Å². The third-order valence-electron chi connectivity index (χ3n) is 3.36. The number of rotatable bonds is 6. The first-order chi connectivity index (χ1) is 9.03. The first-order valence-corrected chi connectivity index (χ1v) is 6.46. The molecule has 1 unspecified atom stereocenters. The predicted molar refractivity (Wildman–Crippen MR) is 75.1 cm³/mol. The smallest absolute Gasteiger partial charge is 0.0931 e. The predicted octanol–water partition coefficient (Wildman–Crippen LogP) is 0.783. The lowest BCUT2D eigenvalue weighted by molar-refractivity contribution is 0.0934. The Labute approximate surface area is 112 Å². The van der Waals surface area contributed by atoms with E-state index in [9.17, 15) is 5.11 Å². The lowest BCUT2D eigenvalue weighted by Gasteiger charge is -2.26. The lowest BCUT2D eigenvalue weighted by atomic mass is 9.84. The van der Waals surface area contributed by atoms with Crippen molar-refractivity contribution in [3.05, 3.63) is 30.1 Å². The van der Waals surface area contributed by atoms with E-state index in [2.05, 4.69) is 41.3 Å². The zero-order chi connectivity index (χ0) is 13.9. The summed E-state index contributed by atoms with van der Waals surface area (Å²) < 4.78 is 0. The van der Waals surface area contributed by atoms with Crippen LogP contribution in [-0.2, 0) is 5.41 Å². The highest BCUT2D eigenvalue weighted by atomic mass is 16.3. The number of aromatic amines is 1. The molecule has 0 amide bonds. The number of aromatic nitrogens is 2. The largest absolute Gasteiger partial charge is 0.394 e. The van der Waals surface area contributed by atoms with Gasteiger partial charge in [-0.1, -0.05) is 19.9 Å². The van der Waals surface area contributed by atoms with Crippen LogP contribution in [0.1, 0.15) is 19.4 Å². The van der Waals surface area contributed by atoms with Gasteiger partial charge in [0, 0.05) is 18.5 Å². The average Bonchev–Trinajstić information content (AvgIpc) is 2.85. The quantitative estimate of drug-likeness (QED) is 0.621. The second kappa shape index (κ2) is 5.69. The van der Waals surface area contributed by atoms with Crippen molar-refractivity contribution in [3.8, 4) is 0 Å². The van der Waals surface area contributed by atoms with E-state index in [-0.39, 0.29) is 12.0 Å². The second-order valence-corrected chi connectivity index (χ2v) is 5.49. The van der Waals surface area contributed by atoms with Gasteiger partial charge in [-0.3, -0.25) is 0 Å². The molecule has 2 aromatic rings. The van der Waals surface area contributed by atoms with Crippen LogP contribution in [0.25, 0.3) is 11.0 Å². The highest BCUT2D eigenvalue weighted by Gasteiger charge is 2.21. The molecule has 0 aliphatic carbocycles. The van der Waals surface area contributed by atoms with Crippen molar-refractivity contribution < 1.29 is 10.2 Å². The third-order valence-corrected chi connectivity index (χ3v) is 3.36. The standard InChI is InChI=1S/C14H21N3O2/c1-14(2,8-15-6-11(19)7-18)10-3-4-12-13(5-10)17-9-16-12/h3-5,9,11,15,18-19H,6-8H2,1-2H3,(H,16,17). The van der Waals surface area contributed by atoms with Gasteiger partial charge in [-0.25, -0.2) is 4.98 Å². The van der Waals surface area contributed by atoms with Crippen LogP contribution in [0, 0.1) is 0 Å². The third kappa shape index (κ3) is 3.32. The molecule has 0 aliphatic heterocycles. The minimum atomic E-state index is -0.703. The molecule has 5 nitrogen and oxygen atoms in total. The molecule has 0 aliphatic rings. The van der Waals surface area contributed by atoms with Crippen LogP contribution in [0.15, 0.2) is 24.5 Å². The minimum absolute atomic E-state index is 0.0610. The number of aliphatic hydroxyl groups is 2. The first kappa shape index (κ1) is 14.0. The Balaban J connectivity index is 2.05. The molecular formula is C14H21N3O2. The van der Waals surface area contributed by atoms with E-state index in [1.54, 1.807) is 6.33 Å². The highest BCUT2D eigenvalue weighted by Crippen LogP contribution is 2.24. The second-order valence-electron chi connectivity index (χ2n) is 5.49. The molecule has 0 saturated heterocycles. The van der Waals surface area contributed by atoms with Crippen molar-refractivity contribution in [3.63, 3.8) is 0 Å². The van der Waals surface area contributed by atoms with Crippen LogP contribution in [-0.4, -0.2) is 46.0 Å². The molecule has 0 fully saturated rings. The maximum Gasteiger partial charge on any atom is 0.0931 e. The fourth-order valence-corrected chi connectivity index (χ4v) is 2.07. The summed E-state index contributed by atoms with van der Waals surface area (Å²) in [6.45, 7) is 5.19. The molecule has 19 heavy (non-hydrogen) atoms. The summed E-state index contributed by atoms with van der Waals surface area (Å²) in [5, 5.41) is 21.3. The summed E-state index contributed by atoms with van der Waals surface area (Å²) in [6.07, 6.45) is 0.989. The van der Waals surface area contributed by atoms with Gasteiger partial charge in [-0.05, 0) is 17.7 Å². The van der Waals surface area contributed by atoms with Crippen LogP contribution in [0.3, 0.4) is 0 Å². The molecule has 2 rings (SSSR count). The van der Waals surface area contributed by atoms with Crippen LogP contribution in [0.4, 0.5) is 0 Å². The summed E-state index contributed by atoms with van der Waals surface area (Å²) >= 11 is 0. The number of hydrogen-bond donors (Lipinski definition) is 4. The van der Waals surface area contributed by atoms with Gasteiger partial charge in [-0.2, -0.15) is 0 Å². The molecule has 0 spiro atoms. The van der Waals surface area contributed by atoms with Crippen molar-refractivity contribution in [2.45, 2.75) is 25.4 Å². The van der Waals surface area contributed by atoms with Crippen LogP contribution in [0.5, 0.6) is 0 Å². The number of nitrogens with zero attached hydrogens (tertiary/aromatic N) is 1. The normalized spacial score (nSPS) is 13.9. The van der Waals surface area contributed by atoms with Crippen molar-refractivity contribution in [2.24, 2.45) is 0 Å². The van der Waals surface area contributed by atoms with E-state index >= 15 is 0 Å². The zero-order valence-electron chi connectivity index (χ0n) is 11.3. The van der Waals surface area contributed by atoms with Crippen molar-refractivity contribution in [2.75, 3.05) is 19.7 Å². The van der Waals surface area contributed by atoms with Gasteiger partial charge in [0.15, 0.2) is 0 Å². The Hall–Kier alpha value is -1.43. The Morgan fingerprint density at radius 2 is 2.21 bits per heavy atom. The van der Waals surface area contributed by atoms with Gasteiger partial charge in [0.25, 0.3) is 0 Å². The van der Waals surface area contributed by atoms with Crippen LogP contribution < -0.4 is 5.32 Å². The molecule has 1 aromatic carbocycles. The van der Waals surface area contributed by atoms with Crippen molar-refractivity contribution in [1.82, 2.24) is 15.3 Å². The summed E-state index contributed by atoms with van der Waals surface area (Å²) in [4.78, 5) is 7.32. The Bertz CT molecular complexity index is 536. The maximum atomic E-state index is 9.31. The molecule has 0 radical (unpaired) electrons. The molecule has 0 saturated carbocycles. The summed E-state index contributed by atoms with van der Waals surface area (Å²) in [6, 6.07) is 6.19. The molecule has 0 bridgehead atoms. The topological polar surface area (TPSA) is 81.2 Å². The van der Waals surface area contributed by atoms with Gasteiger partial charge < -0.3 is 20.5 Å². The molecule has 1 atom stereocenters. The van der Waals surface area contributed by atoms with E-state index in [1.807, 2.05) is 6.07 Å². The first-order valence-electron chi connectivity index (χ1n) is 6.46. The van der Waals surface area contributed by atoms with Crippen molar-refractivity contribution in [1.29, 1.82) is 0 Å². The summed E-state index contributed by atoms with van der Waals surface area (Å²) in [5.74, 6) is 0. The van der Waals surface area contributed by atoms with Crippen LogP contribution >= 0.6 is 0 Å². The van der Waals surface area contributed by atoms with Gasteiger partial charge in [0.05, 0.1) is 30.1 Å². The number of nitrogens with one attached hydrogen (secondary N) is 2. The van der Waals surface area contributed by atoms with Crippen LogP contribution in [0.2, 0.25) is 0 Å². The monoisotopic (exact) mass is 263 g/mol. The molecular weight excluding hydrogens is 242 g/mol. The number of H-pyrrole nitrogens is 1. The molecule has 1 aromatic heterocycles. The lowest BCUT2D eigenvalue weighted by Crippen LogP contribution is -2.38. The number of hydrogen-bond acceptors (Lipinski definition) is 4. The van der Waals surface area contributed by atoms with Gasteiger partial charge in [-0.15, -0.1) is 0 Å². The van der Waals surface area contributed by atoms with E-state index < -0.39 is 6.10 Å². The Morgan fingerprint density at radius 1 is 1.42 bits per heavy atom. The Morgan fingerprint density at radius 3 is 2.95 bits per heavy atom. The SMILES string of the molecule is CC(C)(CNCC(O)CO)c1ccc2nc[nH]c2c1. The van der Waals surface area contributed by atoms with E-state index in [1.165, 1.54) is 5.56 Å². The van der Waals surface area contributed by atoms with E-state index in [0.717, 1.165) is 17.6 Å². The molecule has 5 heteroatoms. The number of fused-ring (bicyclic) bond motifs is 1. The highest BCUT2D eigenvalue weighted by molar-refractivity contribution is 5.75. The Kier molecular flexibility index (Phi) is 4.19. The van der Waals surface area contributed by atoms with Gasteiger partial charge in [0.1, 0.15) is 0 Å². The average molecular weight is 263 g/mol. The van der Waals surface area contributed by atoms with E-state index in [0.29, 0.717) is 6.54 Å². The molecule has 1 heterocycles. The van der Waals surface area contributed by atoms with Gasteiger partial charge >= 0.3 is 0 Å². The summed E-state index contributed by atoms with van der Waals surface area (Å²) in [5.41, 5.74) is 3.13. The van der Waals surface area contributed by atoms with Crippen molar-refractivity contribution >= 4 is 11.0 Å². The molecule has 104 valence electrons. The molecule has 4 N–H and O–H groups in total. The zero-order valence-corrected chi connectivity index (χ0v) is 11.3. The summed E-state index contributed by atoms with van der Waals surface area (Å²) in [7, 11) is 0. The number of benzene rings is 1. The fourth-order valence-electron chi connectivity index (χ4n) is 2.07. The van der Waals surface area contributed by atoms with E-state index in [4.69, 9.17) is 5.11 Å².